The van der Waals surface area contributed by atoms with Gasteiger partial charge in [0.2, 0.25) is 0 Å². The van der Waals surface area contributed by atoms with Crippen LogP contribution in [-0.4, -0.2) is 56.3 Å². The number of rotatable bonds is 5. The molecule has 2 fully saturated rings. The highest BCUT2D eigenvalue weighted by Crippen LogP contribution is 2.33. The minimum absolute atomic E-state index is 0.253. The van der Waals surface area contributed by atoms with Crippen molar-refractivity contribution in [1.29, 1.82) is 0 Å². The van der Waals surface area contributed by atoms with Crippen molar-refractivity contribution in [3.8, 4) is 0 Å². The molecule has 0 spiro atoms. The predicted octanol–water partition coefficient (Wildman–Crippen LogP) is 2.70. The van der Waals surface area contributed by atoms with Crippen molar-refractivity contribution >= 4 is 5.96 Å². The fourth-order valence-corrected chi connectivity index (χ4v) is 4.21. The Labute approximate surface area is 158 Å². The van der Waals surface area contributed by atoms with Crippen molar-refractivity contribution in [2.45, 2.75) is 51.1 Å². The number of morpholine rings is 1. The van der Waals surface area contributed by atoms with Crippen LogP contribution in [0.25, 0.3) is 0 Å². The average Bonchev–Trinajstić information content (AvgIpc) is 2.71. The molecule has 0 aromatic heterocycles. The Morgan fingerprint density at radius 1 is 1.08 bits per heavy atom. The molecule has 0 atom stereocenters. The van der Waals surface area contributed by atoms with Gasteiger partial charge in [0.25, 0.3) is 0 Å². The largest absolute Gasteiger partial charge is 0.379 e. The molecule has 0 unspecified atom stereocenters. The summed E-state index contributed by atoms with van der Waals surface area (Å²) in [5.41, 5.74) is 2.82. The molecular weight excluding hydrogens is 324 g/mol. The van der Waals surface area contributed by atoms with E-state index in [1.165, 1.54) is 43.2 Å². The van der Waals surface area contributed by atoms with Crippen LogP contribution in [-0.2, 0) is 11.3 Å². The van der Waals surface area contributed by atoms with Crippen LogP contribution in [0.3, 0.4) is 0 Å². The van der Waals surface area contributed by atoms with E-state index in [-0.39, 0.29) is 5.54 Å². The Bertz CT molecular complexity index is 572. The third-order valence-electron chi connectivity index (χ3n) is 5.86. The Morgan fingerprint density at radius 2 is 1.77 bits per heavy atom. The van der Waals surface area contributed by atoms with Crippen molar-refractivity contribution in [3.63, 3.8) is 0 Å². The normalized spacial score (nSPS) is 21.4. The SMILES string of the molecule is CN=C(NCc1ccc(C)cc1)NCC1(N2CCOCC2)CCCCC1. The Balaban J connectivity index is 1.56. The summed E-state index contributed by atoms with van der Waals surface area (Å²) in [6.45, 7) is 7.70. The van der Waals surface area contributed by atoms with E-state index in [4.69, 9.17) is 4.74 Å². The molecule has 1 saturated heterocycles. The number of nitrogens with zero attached hydrogens (tertiary/aromatic N) is 2. The van der Waals surface area contributed by atoms with Gasteiger partial charge in [0.15, 0.2) is 5.96 Å². The fourth-order valence-electron chi connectivity index (χ4n) is 4.21. The molecule has 2 N–H and O–H groups in total. The number of hydrogen-bond acceptors (Lipinski definition) is 3. The molecule has 0 amide bonds. The van der Waals surface area contributed by atoms with Gasteiger partial charge in [-0.15, -0.1) is 0 Å². The molecule has 1 aliphatic carbocycles. The number of hydrogen-bond donors (Lipinski definition) is 2. The summed E-state index contributed by atoms with van der Waals surface area (Å²) >= 11 is 0. The number of benzene rings is 1. The van der Waals surface area contributed by atoms with E-state index in [2.05, 4.69) is 51.7 Å². The second-order valence-electron chi connectivity index (χ2n) is 7.65. The van der Waals surface area contributed by atoms with Gasteiger partial charge < -0.3 is 15.4 Å². The number of guanidine groups is 1. The molecule has 1 saturated carbocycles. The van der Waals surface area contributed by atoms with Crippen LogP contribution in [0.5, 0.6) is 0 Å². The Kier molecular flexibility index (Phi) is 6.92. The summed E-state index contributed by atoms with van der Waals surface area (Å²) in [4.78, 5) is 7.10. The highest BCUT2D eigenvalue weighted by atomic mass is 16.5. The summed E-state index contributed by atoms with van der Waals surface area (Å²) in [6.07, 6.45) is 6.57. The fraction of sp³-hybridized carbons (Fsp3) is 0.667. The van der Waals surface area contributed by atoms with Crippen LogP contribution in [0.2, 0.25) is 0 Å². The van der Waals surface area contributed by atoms with Gasteiger partial charge in [-0.25, -0.2) is 0 Å². The number of aryl methyl sites for hydroxylation is 1. The summed E-state index contributed by atoms with van der Waals surface area (Å²) in [6, 6.07) is 8.66. The van der Waals surface area contributed by atoms with E-state index in [0.717, 1.165) is 45.4 Å². The van der Waals surface area contributed by atoms with Gasteiger partial charge in [0.1, 0.15) is 0 Å². The molecular formula is C21H34N4O. The van der Waals surface area contributed by atoms with Gasteiger partial charge in [-0.05, 0) is 25.3 Å². The first-order valence-corrected chi connectivity index (χ1v) is 10.0. The van der Waals surface area contributed by atoms with Crippen molar-refractivity contribution in [2.75, 3.05) is 39.9 Å². The molecule has 1 heterocycles. The standard InChI is InChI=1S/C21H34N4O/c1-18-6-8-19(9-7-18)16-23-20(22-2)24-17-21(10-4-3-5-11-21)25-12-14-26-15-13-25/h6-9H,3-5,10-17H2,1-2H3,(H2,22,23,24). The Hall–Kier alpha value is -1.59. The molecule has 144 valence electrons. The van der Waals surface area contributed by atoms with Crippen molar-refractivity contribution in [1.82, 2.24) is 15.5 Å². The third kappa shape index (κ3) is 4.98. The van der Waals surface area contributed by atoms with Gasteiger partial charge >= 0.3 is 0 Å². The first-order chi connectivity index (χ1) is 12.7. The van der Waals surface area contributed by atoms with Gasteiger partial charge in [-0.3, -0.25) is 9.89 Å². The molecule has 5 nitrogen and oxygen atoms in total. The Morgan fingerprint density at radius 3 is 2.42 bits per heavy atom. The van der Waals surface area contributed by atoms with Crippen molar-refractivity contribution < 1.29 is 4.74 Å². The van der Waals surface area contributed by atoms with Crippen molar-refractivity contribution in [2.24, 2.45) is 4.99 Å². The van der Waals surface area contributed by atoms with Crippen LogP contribution >= 0.6 is 0 Å². The van der Waals surface area contributed by atoms with Crippen LogP contribution in [0.15, 0.2) is 29.3 Å². The quantitative estimate of drug-likeness (QED) is 0.628. The first-order valence-electron chi connectivity index (χ1n) is 10.0. The van der Waals surface area contributed by atoms with Crippen molar-refractivity contribution in [3.05, 3.63) is 35.4 Å². The molecule has 1 aromatic rings. The lowest BCUT2D eigenvalue weighted by molar-refractivity contribution is -0.0352. The molecule has 0 bridgehead atoms. The maximum atomic E-state index is 5.58. The second-order valence-corrected chi connectivity index (χ2v) is 7.65. The summed E-state index contributed by atoms with van der Waals surface area (Å²) in [5.74, 6) is 0.892. The van der Waals surface area contributed by atoms with Gasteiger partial charge in [0.05, 0.1) is 13.2 Å². The molecule has 5 heteroatoms. The number of nitrogens with one attached hydrogen (secondary N) is 2. The molecule has 0 radical (unpaired) electrons. The predicted molar refractivity (Wildman–Crippen MR) is 108 cm³/mol. The molecule has 3 rings (SSSR count). The maximum absolute atomic E-state index is 5.58. The lowest BCUT2D eigenvalue weighted by Gasteiger charge is -2.48. The second kappa shape index (κ2) is 9.38. The van der Waals surface area contributed by atoms with Gasteiger partial charge in [-0.2, -0.15) is 0 Å². The van der Waals surface area contributed by atoms with Gasteiger partial charge in [-0.1, -0.05) is 49.1 Å². The molecule has 1 aliphatic heterocycles. The van der Waals surface area contributed by atoms with E-state index >= 15 is 0 Å². The zero-order chi connectivity index (χ0) is 18.2. The highest BCUT2D eigenvalue weighted by Gasteiger charge is 2.38. The number of aliphatic imine (C=N–C) groups is 1. The first kappa shape index (κ1) is 19.2. The topological polar surface area (TPSA) is 48.9 Å². The summed E-state index contributed by atoms with van der Waals surface area (Å²) < 4.78 is 5.58. The molecule has 26 heavy (non-hydrogen) atoms. The molecule has 2 aliphatic rings. The van der Waals surface area contributed by atoms with E-state index in [0.29, 0.717) is 0 Å². The van der Waals surface area contributed by atoms with Crippen LogP contribution in [0.4, 0.5) is 0 Å². The van der Waals surface area contributed by atoms with Crippen LogP contribution in [0, 0.1) is 6.92 Å². The minimum atomic E-state index is 0.253. The van der Waals surface area contributed by atoms with Gasteiger partial charge in [0, 0.05) is 38.8 Å². The lowest BCUT2D eigenvalue weighted by Crippen LogP contribution is -2.60. The molecule has 1 aromatic carbocycles. The average molecular weight is 359 g/mol. The smallest absolute Gasteiger partial charge is 0.191 e. The zero-order valence-corrected chi connectivity index (χ0v) is 16.4. The maximum Gasteiger partial charge on any atom is 0.191 e. The summed E-state index contributed by atoms with van der Waals surface area (Å²) in [5, 5.41) is 7.08. The van der Waals surface area contributed by atoms with Crippen LogP contribution in [0.1, 0.15) is 43.2 Å². The lowest BCUT2D eigenvalue weighted by atomic mass is 9.80. The van der Waals surface area contributed by atoms with Crippen LogP contribution < -0.4 is 10.6 Å². The number of ether oxygens (including phenoxy) is 1. The van der Waals surface area contributed by atoms with E-state index < -0.39 is 0 Å². The monoisotopic (exact) mass is 358 g/mol. The highest BCUT2D eigenvalue weighted by molar-refractivity contribution is 5.79. The van der Waals surface area contributed by atoms with E-state index in [1.54, 1.807) is 0 Å². The summed E-state index contributed by atoms with van der Waals surface area (Å²) in [7, 11) is 1.85. The minimum Gasteiger partial charge on any atom is -0.379 e. The third-order valence-corrected chi connectivity index (χ3v) is 5.86. The van der Waals surface area contributed by atoms with E-state index in [1.807, 2.05) is 7.05 Å². The zero-order valence-electron chi connectivity index (χ0n) is 16.4. The van der Waals surface area contributed by atoms with E-state index in [9.17, 15) is 0 Å².